The summed E-state index contributed by atoms with van der Waals surface area (Å²) in [5.74, 6) is 2.44. The number of ether oxygens (including phenoxy) is 1. The van der Waals surface area contributed by atoms with Gasteiger partial charge in [-0.15, -0.1) is 10.2 Å². The van der Waals surface area contributed by atoms with Gasteiger partial charge in [-0.3, -0.25) is 9.36 Å². The standard InChI is InChI=1S/C24H24N4O2S/c1-3-30-22-11-8-16(15(2)29)12-17(22)14-31-24-27-26-23(28(24)18-9-10-18)20-13-25-21-7-5-4-6-19(20)21/h4-8,11-13,18,25H,3,9-10,14H2,1-2H3. The second-order valence-corrected chi connectivity index (χ2v) is 8.70. The molecule has 0 atom stereocenters. The third-order valence-corrected chi connectivity index (χ3v) is 6.52. The molecule has 7 heteroatoms. The second-order valence-electron chi connectivity index (χ2n) is 7.76. The van der Waals surface area contributed by atoms with Crippen LogP contribution < -0.4 is 4.74 Å². The van der Waals surface area contributed by atoms with Gasteiger partial charge in [0.2, 0.25) is 0 Å². The number of carbonyl (C=O) groups is 1. The average Bonchev–Trinajstić information content (AvgIpc) is 3.39. The van der Waals surface area contributed by atoms with E-state index in [1.165, 1.54) is 0 Å². The Hall–Kier alpha value is -3.06. The first-order valence-electron chi connectivity index (χ1n) is 10.6. The van der Waals surface area contributed by atoms with E-state index in [0.29, 0.717) is 24.0 Å². The van der Waals surface area contributed by atoms with E-state index >= 15 is 0 Å². The molecule has 6 nitrogen and oxygen atoms in total. The molecule has 158 valence electrons. The lowest BCUT2D eigenvalue weighted by Gasteiger charge is -2.12. The van der Waals surface area contributed by atoms with Crippen molar-refractivity contribution in [2.45, 2.75) is 43.6 Å². The molecule has 1 saturated carbocycles. The summed E-state index contributed by atoms with van der Waals surface area (Å²) >= 11 is 1.64. The molecule has 0 bridgehead atoms. The van der Waals surface area contributed by atoms with Gasteiger partial charge in [0.15, 0.2) is 16.8 Å². The molecule has 1 N–H and O–H groups in total. The summed E-state index contributed by atoms with van der Waals surface area (Å²) in [5, 5.41) is 11.2. The van der Waals surface area contributed by atoms with E-state index < -0.39 is 0 Å². The Morgan fingerprint density at radius 1 is 1.23 bits per heavy atom. The minimum atomic E-state index is 0.0528. The van der Waals surface area contributed by atoms with Crippen LogP contribution in [0.1, 0.15) is 48.7 Å². The van der Waals surface area contributed by atoms with E-state index in [-0.39, 0.29) is 5.78 Å². The zero-order valence-electron chi connectivity index (χ0n) is 17.6. The Bertz CT molecular complexity index is 1260. The maximum Gasteiger partial charge on any atom is 0.192 e. The topological polar surface area (TPSA) is 72.8 Å². The predicted molar refractivity (Wildman–Crippen MR) is 123 cm³/mol. The van der Waals surface area contributed by atoms with E-state index in [1.807, 2.05) is 43.5 Å². The molecular formula is C24H24N4O2S. The number of ketones is 1. The van der Waals surface area contributed by atoms with Crippen molar-refractivity contribution in [2.75, 3.05) is 6.61 Å². The van der Waals surface area contributed by atoms with Gasteiger partial charge in [-0.2, -0.15) is 0 Å². The Morgan fingerprint density at radius 2 is 2.06 bits per heavy atom. The monoisotopic (exact) mass is 432 g/mol. The zero-order valence-corrected chi connectivity index (χ0v) is 18.4. The first-order valence-corrected chi connectivity index (χ1v) is 11.5. The van der Waals surface area contributed by atoms with Crippen LogP contribution in [-0.2, 0) is 5.75 Å². The SMILES string of the molecule is CCOc1ccc(C(C)=O)cc1CSc1nnc(-c2c[nH]c3ccccc23)n1C1CC1. The molecular weight excluding hydrogens is 408 g/mol. The van der Waals surface area contributed by atoms with Gasteiger partial charge in [-0.1, -0.05) is 30.0 Å². The van der Waals surface area contributed by atoms with E-state index in [1.54, 1.807) is 18.7 Å². The van der Waals surface area contributed by atoms with E-state index in [9.17, 15) is 4.79 Å². The summed E-state index contributed by atoms with van der Waals surface area (Å²) in [6.07, 6.45) is 4.31. The quantitative estimate of drug-likeness (QED) is 0.287. The molecule has 0 amide bonds. The Kier molecular flexibility index (Phi) is 5.28. The number of benzene rings is 2. The molecule has 0 radical (unpaired) electrons. The van der Waals surface area contributed by atoms with Crippen molar-refractivity contribution in [3.05, 3.63) is 59.8 Å². The van der Waals surface area contributed by atoms with E-state index in [4.69, 9.17) is 4.74 Å². The van der Waals surface area contributed by atoms with Crippen LogP contribution in [0.2, 0.25) is 0 Å². The molecule has 0 saturated heterocycles. The number of nitrogens with zero attached hydrogens (tertiary/aromatic N) is 3. The average molecular weight is 433 g/mol. The van der Waals surface area contributed by atoms with Crippen LogP contribution in [0, 0.1) is 0 Å². The fourth-order valence-corrected chi connectivity index (χ4v) is 4.81. The summed E-state index contributed by atoms with van der Waals surface area (Å²) in [4.78, 5) is 15.2. The number of nitrogens with one attached hydrogen (secondary N) is 1. The number of carbonyl (C=O) groups excluding carboxylic acids is 1. The molecule has 1 aliphatic rings. The third-order valence-electron chi connectivity index (χ3n) is 5.53. The highest BCUT2D eigenvalue weighted by molar-refractivity contribution is 7.98. The maximum atomic E-state index is 11.9. The molecule has 2 aromatic carbocycles. The third kappa shape index (κ3) is 3.85. The van der Waals surface area contributed by atoms with Crippen molar-refractivity contribution in [3.8, 4) is 17.1 Å². The smallest absolute Gasteiger partial charge is 0.192 e. The Labute approximate surface area is 185 Å². The van der Waals surface area contributed by atoms with Gasteiger partial charge in [0.25, 0.3) is 0 Å². The number of hydrogen-bond acceptors (Lipinski definition) is 5. The number of H-pyrrole nitrogens is 1. The Balaban J connectivity index is 1.47. The lowest BCUT2D eigenvalue weighted by Crippen LogP contribution is -2.01. The number of aromatic amines is 1. The number of rotatable bonds is 8. The van der Waals surface area contributed by atoms with Crippen LogP contribution in [0.5, 0.6) is 5.75 Å². The normalized spacial score (nSPS) is 13.6. The number of hydrogen-bond donors (Lipinski definition) is 1. The van der Waals surface area contributed by atoms with Gasteiger partial charge >= 0.3 is 0 Å². The van der Waals surface area contributed by atoms with Crippen LogP contribution in [0.3, 0.4) is 0 Å². The van der Waals surface area contributed by atoms with Crippen LogP contribution in [0.25, 0.3) is 22.3 Å². The fourth-order valence-electron chi connectivity index (χ4n) is 3.83. The van der Waals surface area contributed by atoms with Crippen molar-refractivity contribution >= 4 is 28.4 Å². The molecule has 1 aliphatic carbocycles. The summed E-state index contributed by atoms with van der Waals surface area (Å²) in [6.45, 7) is 4.14. The highest BCUT2D eigenvalue weighted by Crippen LogP contribution is 2.43. The highest BCUT2D eigenvalue weighted by Gasteiger charge is 2.31. The van der Waals surface area contributed by atoms with E-state index in [2.05, 4.69) is 31.9 Å². The molecule has 31 heavy (non-hydrogen) atoms. The number of fused-ring (bicyclic) bond motifs is 1. The predicted octanol–water partition coefficient (Wildman–Crippen LogP) is 5.65. The second kappa shape index (κ2) is 8.23. The lowest BCUT2D eigenvalue weighted by molar-refractivity contribution is 0.101. The largest absolute Gasteiger partial charge is 0.494 e. The van der Waals surface area contributed by atoms with Crippen molar-refractivity contribution in [3.63, 3.8) is 0 Å². The lowest BCUT2D eigenvalue weighted by atomic mass is 10.1. The molecule has 5 rings (SSSR count). The molecule has 4 aromatic rings. The Morgan fingerprint density at radius 3 is 2.84 bits per heavy atom. The number of thioether (sulfide) groups is 1. The summed E-state index contributed by atoms with van der Waals surface area (Å²) < 4.78 is 8.06. The highest BCUT2D eigenvalue weighted by atomic mass is 32.2. The minimum absolute atomic E-state index is 0.0528. The first kappa shape index (κ1) is 19.9. The van der Waals surface area contributed by atoms with Gasteiger partial charge in [0.1, 0.15) is 5.75 Å². The zero-order chi connectivity index (χ0) is 21.4. The van der Waals surface area contributed by atoms with Crippen LogP contribution >= 0.6 is 11.8 Å². The van der Waals surface area contributed by atoms with Gasteiger partial charge < -0.3 is 9.72 Å². The first-order chi connectivity index (χ1) is 15.2. The number of aromatic nitrogens is 4. The van der Waals surface area contributed by atoms with E-state index in [0.717, 1.165) is 51.6 Å². The van der Waals surface area contributed by atoms with Crippen LogP contribution in [0.15, 0.2) is 53.8 Å². The van der Waals surface area contributed by atoms with Gasteiger partial charge in [0, 0.05) is 45.6 Å². The van der Waals surface area contributed by atoms with Crippen molar-refractivity contribution in [2.24, 2.45) is 0 Å². The van der Waals surface area contributed by atoms with Crippen molar-refractivity contribution in [1.29, 1.82) is 0 Å². The minimum Gasteiger partial charge on any atom is -0.494 e. The van der Waals surface area contributed by atoms with Crippen LogP contribution in [-0.4, -0.2) is 32.1 Å². The summed E-state index contributed by atoms with van der Waals surface area (Å²) in [6, 6.07) is 14.3. The van der Waals surface area contributed by atoms with Crippen LogP contribution in [0.4, 0.5) is 0 Å². The van der Waals surface area contributed by atoms with Crippen molar-refractivity contribution in [1.82, 2.24) is 19.7 Å². The molecule has 0 aliphatic heterocycles. The van der Waals surface area contributed by atoms with Gasteiger partial charge in [-0.05, 0) is 51.0 Å². The molecule has 2 aromatic heterocycles. The number of Topliss-reactive ketones (excluding diaryl/α,β-unsaturated/α-hetero) is 1. The molecule has 1 fully saturated rings. The summed E-state index contributed by atoms with van der Waals surface area (Å²) in [7, 11) is 0. The molecule has 0 spiro atoms. The molecule has 2 heterocycles. The van der Waals surface area contributed by atoms with Crippen molar-refractivity contribution < 1.29 is 9.53 Å². The fraction of sp³-hybridized carbons (Fsp3) is 0.292. The van der Waals surface area contributed by atoms with Gasteiger partial charge in [0.05, 0.1) is 6.61 Å². The summed E-state index contributed by atoms with van der Waals surface area (Å²) in [5.41, 5.74) is 3.87. The number of para-hydroxylation sites is 1. The molecule has 0 unspecified atom stereocenters. The maximum absolute atomic E-state index is 11.9. The van der Waals surface area contributed by atoms with Gasteiger partial charge in [-0.25, -0.2) is 0 Å².